The number of aromatic amines is 1. The number of benzene rings is 2. The predicted octanol–water partition coefficient (Wildman–Crippen LogP) is 3.55. The van der Waals surface area contributed by atoms with E-state index in [2.05, 4.69) is 16.9 Å². The number of methoxy groups -OCH3 is 1. The summed E-state index contributed by atoms with van der Waals surface area (Å²) in [4.78, 5) is 43.1. The van der Waals surface area contributed by atoms with E-state index in [4.69, 9.17) is 9.47 Å². The van der Waals surface area contributed by atoms with Crippen LogP contribution < -0.4 is 14.8 Å². The number of halogens is 1. The van der Waals surface area contributed by atoms with Crippen molar-refractivity contribution in [3.8, 4) is 11.5 Å². The van der Waals surface area contributed by atoms with Crippen LogP contribution in [0.2, 0.25) is 0 Å². The van der Waals surface area contributed by atoms with Gasteiger partial charge < -0.3 is 34.9 Å². The van der Waals surface area contributed by atoms with Crippen LogP contribution in [0.15, 0.2) is 66.8 Å². The number of aliphatic hydroxyl groups excluding tert-OH is 2. The van der Waals surface area contributed by atoms with Gasteiger partial charge in [0.2, 0.25) is 11.8 Å². The van der Waals surface area contributed by atoms with Crippen molar-refractivity contribution in [2.24, 2.45) is 0 Å². The zero-order valence-corrected chi connectivity index (χ0v) is 26.1. The maximum atomic E-state index is 13.6. The Morgan fingerprint density at radius 3 is 2.74 bits per heavy atom. The van der Waals surface area contributed by atoms with E-state index in [0.717, 1.165) is 16.6 Å². The fourth-order valence-electron chi connectivity index (χ4n) is 5.19. The van der Waals surface area contributed by atoms with Crippen molar-refractivity contribution in [2.45, 2.75) is 43.9 Å². The summed E-state index contributed by atoms with van der Waals surface area (Å²) in [5, 5.41) is 24.7. The fourth-order valence-corrected chi connectivity index (χ4v) is 5.94. The Bertz CT molecular complexity index is 1470. The van der Waals surface area contributed by atoms with Crippen LogP contribution in [-0.4, -0.2) is 83.3 Å². The molecule has 43 heavy (non-hydrogen) atoms. The summed E-state index contributed by atoms with van der Waals surface area (Å²) in [6, 6.07) is 12.3. The number of hydrogen-bond donors (Lipinski definition) is 4. The van der Waals surface area contributed by atoms with Gasteiger partial charge in [-0.1, -0.05) is 24.3 Å². The van der Waals surface area contributed by atoms with Crippen LogP contribution >= 0.6 is 22.6 Å². The number of nitrogens with one attached hydrogen (secondary N) is 2. The van der Waals surface area contributed by atoms with E-state index in [1.54, 1.807) is 23.1 Å². The predicted molar refractivity (Wildman–Crippen MR) is 171 cm³/mol. The second-order valence-corrected chi connectivity index (χ2v) is 11.4. The first-order valence-electron chi connectivity index (χ1n) is 14.0. The van der Waals surface area contributed by atoms with Crippen molar-refractivity contribution in [1.29, 1.82) is 0 Å². The third-order valence-electron chi connectivity index (χ3n) is 7.35. The lowest BCUT2D eigenvalue weighted by molar-refractivity contribution is -0.138. The largest absolute Gasteiger partial charge is 0.493 e. The Kier molecular flexibility index (Phi) is 11.4. The number of hydrogen-bond acceptors (Lipinski definition) is 7. The molecule has 1 heterocycles. The van der Waals surface area contributed by atoms with Crippen molar-refractivity contribution in [1.82, 2.24) is 15.2 Å². The number of carbonyl (C=O) groups is 3. The Labute approximate surface area is 263 Å². The molecule has 3 aromatic rings. The molecule has 1 aliphatic rings. The van der Waals surface area contributed by atoms with Crippen LogP contribution in [-0.2, 0) is 16.0 Å². The lowest BCUT2D eigenvalue weighted by Gasteiger charge is -2.40. The van der Waals surface area contributed by atoms with Crippen LogP contribution in [0.4, 0.5) is 0 Å². The first-order valence-corrected chi connectivity index (χ1v) is 15.1. The number of carbonyl (C=O) groups excluding carboxylic acids is 3. The van der Waals surface area contributed by atoms with Crippen molar-refractivity contribution in [3.05, 3.63) is 81.6 Å². The van der Waals surface area contributed by atoms with Gasteiger partial charge in [0.1, 0.15) is 18.5 Å². The van der Waals surface area contributed by atoms with Crippen LogP contribution in [0.3, 0.4) is 0 Å². The molecule has 11 heteroatoms. The van der Waals surface area contributed by atoms with Crippen LogP contribution in [0.5, 0.6) is 11.5 Å². The zero-order chi connectivity index (χ0) is 30.9. The molecule has 0 unspecified atom stereocenters. The number of H-pyrrole nitrogens is 1. The van der Waals surface area contributed by atoms with Gasteiger partial charge in [0.05, 0.1) is 23.3 Å². The number of aromatic nitrogens is 1. The van der Waals surface area contributed by atoms with Gasteiger partial charge in [-0.05, 0) is 64.7 Å². The molecule has 4 rings (SSSR count). The highest BCUT2D eigenvalue weighted by molar-refractivity contribution is 14.1. The number of para-hydroxylation sites is 1. The van der Waals surface area contributed by atoms with Gasteiger partial charge in [0, 0.05) is 54.7 Å². The minimum absolute atomic E-state index is 0.0517. The molecule has 0 aliphatic heterocycles. The highest BCUT2D eigenvalue weighted by Gasteiger charge is 2.40. The standard InChI is InChI=1S/C32H36IN3O7/c1-3-4-9-29(39)36(12-10-23-16-21-7-5-6-8-25(21)35-23)26-17-22(32(41)34-11-13-37)18-27(30(26)40)43-31-24(33)14-20(19-38)15-28(31)42-2/h3,5-8,14-16,18-19,26-27,30,35,37,40H,1,4,9-13,17H2,2H3,(H,34,41)/t26-,27+,30+/m1/s1. The summed E-state index contributed by atoms with van der Waals surface area (Å²) in [6.45, 7) is 3.84. The molecule has 10 nitrogen and oxygen atoms in total. The molecule has 1 aromatic heterocycles. The summed E-state index contributed by atoms with van der Waals surface area (Å²) < 4.78 is 12.3. The van der Waals surface area contributed by atoms with E-state index < -0.39 is 24.2 Å². The average molecular weight is 702 g/mol. The van der Waals surface area contributed by atoms with Crippen molar-refractivity contribution >= 4 is 51.6 Å². The SMILES string of the molecule is C=CCCC(=O)N(CCc1cc2ccccc2[nH]1)[C@@H]1CC(C(=O)NCCO)=C[C@H](Oc2c(I)cc(C=O)cc2OC)[C@H]1O. The highest BCUT2D eigenvalue weighted by atomic mass is 127. The Morgan fingerprint density at radius 2 is 2.05 bits per heavy atom. The number of fused-ring (bicyclic) bond motifs is 1. The quantitative estimate of drug-likeness (QED) is 0.115. The smallest absolute Gasteiger partial charge is 0.247 e. The second-order valence-electron chi connectivity index (χ2n) is 10.2. The molecule has 2 amide bonds. The first kappa shape index (κ1) is 32.2. The molecular weight excluding hydrogens is 665 g/mol. The monoisotopic (exact) mass is 701 g/mol. The first-order chi connectivity index (χ1) is 20.8. The molecule has 0 bridgehead atoms. The average Bonchev–Trinajstić information content (AvgIpc) is 3.44. The lowest BCUT2D eigenvalue weighted by atomic mass is 9.87. The van der Waals surface area contributed by atoms with Gasteiger partial charge in [-0.2, -0.15) is 0 Å². The van der Waals surface area contributed by atoms with Gasteiger partial charge in [-0.25, -0.2) is 0 Å². The Balaban J connectivity index is 1.68. The van der Waals surface area contributed by atoms with E-state index in [1.165, 1.54) is 13.2 Å². The molecule has 1 aliphatic carbocycles. The van der Waals surface area contributed by atoms with E-state index in [-0.39, 0.29) is 38.4 Å². The third-order valence-corrected chi connectivity index (χ3v) is 8.15. The lowest BCUT2D eigenvalue weighted by Crippen LogP contribution is -2.55. The second kappa shape index (κ2) is 15.2. The van der Waals surface area contributed by atoms with Crippen LogP contribution in [0, 0.1) is 3.57 Å². The molecule has 228 valence electrons. The van der Waals surface area contributed by atoms with E-state index in [9.17, 15) is 24.6 Å². The third kappa shape index (κ3) is 7.84. The summed E-state index contributed by atoms with van der Waals surface area (Å²) in [5.74, 6) is -0.0157. The van der Waals surface area contributed by atoms with Gasteiger partial charge in [0.15, 0.2) is 11.5 Å². The number of nitrogens with zero attached hydrogens (tertiary/aromatic N) is 1. The Hall–Kier alpha value is -3.68. The number of amides is 2. The maximum absolute atomic E-state index is 13.6. The molecule has 3 atom stereocenters. The van der Waals surface area contributed by atoms with E-state index >= 15 is 0 Å². The molecule has 2 aromatic carbocycles. The van der Waals surface area contributed by atoms with Gasteiger partial charge in [-0.3, -0.25) is 14.4 Å². The molecule has 0 radical (unpaired) electrons. The summed E-state index contributed by atoms with van der Waals surface area (Å²) >= 11 is 2.02. The molecule has 4 N–H and O–H groups in total. The Morgan fingerprint density at radius 1 is 1.26 bits per heavy atom. The number of ether oxygens (including phenoxy) is 2. The van der Waals surface area contributed by atoms with Crippen LogP contribution in [0.1, 0.15) is 35.3 Å². The normalized spacial score (nSPS) is 18.0. The molecular formula is C32H36IN3O7. The summed E-state index contributed by atoms with van der Waals surface area (Å²) in [7, 11) is 1.45. The van der Waals surface area contributed by atoms with Crippen molar-refractivity contribution in [2.75, 3.05) is 26.8 Å². The highest BCUT2D eigenvalue weighted by Crippen LogP contribution is 2.37. The fraction of sp³-hybridized carbons (Fsp3) is 0.344. The number of rotatable bonds is 14. The zero-order valence-electron chi connectivity index (χ0n) is 23.9. The summed E-state index contributed by atoms with van der Waals surface area (Å²) in [5.41, 5.74) is 2.64. The van der Waals surface area contributed by atoms with Gasteiger partial charge in [-0.15, -0.1) is 6.58 Å². The maximum Gasteiger partial charge on any atom is 0.247 e. The molecule has 0 saturated carbocycles. The van der Waals surface area contributed by atoms with E-state index in [1.807, 2.05) is 52.9 Å². The molecule has 0 fully saturated rings. The number of aliphatic hydroxyl groups is 2. The number of allylic oxidation sites excluding steroid dienone is 1. The summed E-state index contributed by atoms with van der Waals surface area (Å²) in [6.07, 6.45) is 2.92. The van der Waals surface area contributed by atoms with Crippen LogP contribution in [0.25, 0.3) is 10.9 Å². The molecule has 0 spiro atoms. The van der Waals surface area contributed by atoms with Crippen molar-refractivity contribution in [3.63, 3.8) is 0 Å². The molecule has 0 saturated heterocycles. The van der Waals surface area contributed by atoms with Crippen molar-refractivity contribution < 1.29 is 34.1 Å². The van der Waals surface area contributed by atoms with Gasteiger partial charge in [0.25, 0.3) is 0 Å². The minimum Gasteiger partial charge on any atom is -0.493 e. The minimum atomic E-state index is -1.20. The van der Waals surface area contributed by atoms with Gasteiger partial charge >= 0.3 is 0 Å². The number of aldehydes is 1. The topological polar surface area (TPSA) is 141 Å². The van der Waals surface area contributed by atoms with E-state index in [0.29, 0.717) is 45.3 Å².